The maximum absolute atomic E-state index is 12.3. The van der Waals surface area contributed by atoms with Gasteiger partial charge in [-0.05, 0) is 30.2 Å². The molecule has 0 saturated carbocycles. The molecule has 21 heavy (non-hydrogen) atoms. The molecule has 106 valence electrons. The first-order chi connectivity index (χ1) is 10.2. The summed E-state index contributed by atoms with van der Waals surface area (Å²) in [4.78, 5) is 16.4. The number of hydrogen-bond acceptors (Lipinski definition) is 3. The number of nitrogens with two attached hydrogens (primary N) is 1. The third kappa shape index (κ3) is 3.91. The summed E-state index contributed by atoms with van der Waals surface area (Å²) >= 11 is 0. The number of anilines is 1. The van der Waals surface area contributed by atoms with Crippen LogP contribution in [-0.2, 0) is 6.42 Å². The SMILES string of the molecule is CCc1ccccc1C(=O)Nc1cc(C#CCN)ccn1. The number of nitrogens with zero attached hydrogens (tertiary/aromatic N) is 1. The molecule has 0 aliphatic rings. The minimum absolute atomic E-state index is 0.163. The van der Waals surface area contributed by atoms with Crippen molar-refractivity contribution >= 4 is 11.7 Å². The molecule has 0 atom stereocenters. The fourth-order valence-corrected chi connectivity index (χ4v) is 1.96. The summed E-state index contributed by atoms with van der Waals surface area (Å²) in [5, 5.41) is 2.80. The highest BCUT2D eigenvalue weighted by molar-refractivity contribution is 6.04. The predicted molar refractivity (Wildman–Crippen MR) is 83.9 cm³/mol. The second-order valence-corrected chi connectivity index (χ2v) is 4.40. The summed E-state index contributed by atoms with van der Waals surface area (Å²) in [6, 6.07) is 11.0. The normalized spacial score (nSPS) is 9.62. The van der Waals surface area contributed by atoms with Gasteiger partial charge in [-0.1, -0.05) is 37.0 Å². The molecule has 0 fully saturated rings. The van der Waals surface area contributed by atoms with Crippen molar-refractivity contribution in [2.75, 3.05) is 11.9 Å². The molecule has 0 bridgehead atoms. The molecular weight excluding hydrogens is 262 g/mol. The largest absolute Gasteiger partial charge is 0.320 e. The Morgan fingerprint density at radius 2 is 2.14 bits per heavy atom. The van der Waals surface area contributed by atoms with E-state index in [0.717, 1.165) is 17.5 Å². The lowest BCUT2D eigenvalue weighted by atomic mass is 10.0. The van der Waals surface area contributed by atoms with Crippen LogP contribution in [-0.4, -0.2) is 17.4 Å². The number of amides is 1. The van der Waals surface area contributed by atoms with Crippen LogP contribution in [0.3, 0.4) is 0 Å². The number of rotatable bonds is 3. The first-order valence-electron chi connectivity index (χ1n) is 6.79. The summed E-state index contributed by atoms with van der Waals surface area (Å²) in [5.74, 6) is 6.00. The average molecular weight is 279 g/mol. The molecule has 0 saturated heterocycles. The Balaban J connectivity index is 2.20. The van der Waals surface area contributed by atoms with Gasteiger partial charge in [0.15, 0.2) is 0 Å². The van der Waals surface area contributed by atoms with E-state index in [1.54, 1.807) is 18.3 Å². The number of aryl methyl sites for hydroxylation is 1. The summed E-state index contributed by atoms with van der Waals surface area (Å²) < 4.78 is 0. The zero-order chi connectivity index (χ0) is 15.1. The number of pyridine rings is 1. The van der Waals surface area contributed by atoms with E-state index in [4.69, 9.17) is 5.73 Å². The molecule has 4 heteroatoms. The monoisotopic (exact) mass is 279 g/mol. The molecule has 0 unspecified atom stereocenters. The Morgan fingerprint density at radius 1 is 1.33 bits per heavy atom. The van der Waals surface area contributed by atoms with E-state index in [2.05, 4.69) is 22.1 Å². The van der Waals surface area contributed by atoms with Gasteiger partial charge in [-0.15, -0.1) is 0 Å². The molecular formula is C17H17N3O. The molecule has 0 aliphatic heterocycles. The van der Waals surface area contributed by atoms with E-state index in [1.165, 1.54) is 0 Å². The summed E-state index contributed by atoms with van der Waals surface area (Å²) in [5.41, 5.74) is 7.79. The second-order valence-electron chi connectivity index (χ2n) is 4.40. The maximum Gasteiger partial charge on any atom is 0.257 e. The van der Waals surface area contributed by atoms with Crippen molar-refractivity contribution in [3.63, 3.8) is 0 Å². The van der Waals surface area contributed by atoms with Crippen LogP contribution in [0.5, 0.6) is 0 Å². The zero-order valence-corrected chi connectivity index (χ0v) is 11.9. The van der Waals surface area contributed by atoms with Gasteiger partial charge < -0.3 is 11.1 Å². The van der Waals surface area contributed by atoms with Crippen molar-refractivity contribution in [2.45, 2.75) is 13.3 Å². The minimum atomic E-state index is -0.163. The van der Waals surface area contributed by atoms with E-state index in [0.29, 0.717) is 17.9 Å². The number of carbonyl (C=O) groups is 1. The fraction of sp³-hybridized carbons (Fsp3) is 0.176. The number of carbonyl (C=O) groups excluding carboxylic acids is 1. The van der Waals surface area contributed by atoms with Gasteiger partial charge in [0.2, 0.25) is 0 Å². The molecule has 4 nitrogen and oxygen atoms in total. The smallest absolute Gasteiger partial charge is 0.257 e. The van der Waals surface area contributed by atoms with Crippen molar-refractivity contribution in [3.8, 4) is 11.8 Å². The Morgan fingerprint density at radius 3 is 2.90 bits per heavy atom. The number of benzene rings is 1. The summed E-state index contributed by atoms with van der Waals surface area (Å²) in [6.45, 7) is 2.32. The Kier molecular flexibility index (Phi) is 5.08. The van der Waals surface area contributed by atoms with Gasteiger partial charge in [0, 0.05) is 17.3 Å². The van der Waals surface area contributed by atoms with Gasteiger partial charge in [-0.25, -0.2) is 4.98 Å². The molecule has 0 aliphatic carbocycles. The van der Waals surface area contributed by atoms with Gasteiger partial charge in [0.25, 0.3) is 5.91 Å². The van der Waals surface area contributed by atoms with E-state index < -0.39 is 0 Å². The summed E-state index contributed by atoms with van der Waals surface area (Å²) in [7, 11) is 0. The van der Waals surface area contributed by atoms with Gasteiger partial charge in [0.05, 0.1) is 6.54 Å². The maximum atomic E-state index is 12.3. The van der Waals surface area contributed by atoms with E-state index >= 15 is 0 Å². The highest BCUT2D eigenvalue weighted by atomic mass is 16.1. The van der Waals surface area contributed by atoms with Crippen LogP contribution in [0.25, 0.3) is 0 Å². The number of hydrogen-bond donors (Lipinski definition) is 2. The molecule has 1 aromatic heterocycles. The summed E-state index contributed by atoms with van der Waals surface area (Å²) in [6.07, 6.45) is 2.42. The van der Waals surface area contributed by atoms with Crippen LogP contribution in [0.1, 0.15) is 28.4 Å². The van der Waals surface area contributed by atoms with Crippen molar-refractivity contribution in [3.05, 3.63) is 59.3 Å². The van der Waals surface area contributed by atoms with Crippen molar-refractivity contribution in [2.24, 2.45) is 5.73 Å². The van der Waals surface area contributed by atoms with Crippen LogP contribution in [0.2, 0.25) is 0 Å². The highest BCUT2D eigenvalue weighted by Gasteiger charge is 2.10. The third-order valence-electron chi connectivity index (χ3n) is 2.98. The lowest BCUT2D eigenvalue weighted by Gasteiger charge is -2.08. The van der Waals surface area contributed by atoms with Crippen LogP contribution < -0.4 is 11.1 Å². The van der Waals surface area contributed by atoms with E-state index in [-0.39, 0.29) is 5.91 Å². The van der Waals surface area contributed by atoms with E-state index in [1.807, 2.05) is 31.2 Å². The first-order valence-corrected chi connectivity index (χ1v) is 6.79. The van der Waals surface area contributed by atoms with Crippen molar-refractivity contribution < 1.29 is 4.79 Å². The second kappa shape index (κ2) is 7.22. The molecule has 3 N–H and O–H groups in total. The minimum Gasteiger partial charge on any atom is -0.320 e. The van der Waals surface area contributed by atoms with E-state index in [9.17, 15) is 4.79 Å². The topological polar surface area (TPSA) is 68.0 Å². The standard InChI is InChI=1S/C17H17N3O/c1-2-14-7-3-4-8-15(14)17(21)20-16-12-13(6-5-10-18)9-11-19-16/h3-4,7-9,11-12H,2,10,18H2,1H3,(H,19,20,21). The Hall–Kier alpha value is -2.64. The van der Waals surface area contributed by atoms with Crippen molar-refractivity contribution in [1.82, 2.24) is 4.98 Å². The van der Waals surface area contributed by atoms with Crippen LogP contribution in [0, 0.1) is 11.8 Å². The van der Waals surface area contributed by atoms with Gasteiger partial charge in [-0.2, -0.15) is 0 Å². The molecule has 2 rings (SSSR count). The molecule has 1 amide bonds. The van der Waals surface area contributed by atoms with Crippen LogP contribution in [0.4, 0.5) is 5.82 Å². The molecule has 0 spiro atoms. The van der Waals surface area contributed by atoms with Gasteiger partial charge in [0.1, 0.15) is 5.82 Å². The fourth-order valence-electron chi connectivity index (χ4n) is 1.96. The van der Waals surface area contributed by atoms with Gasteiger partial charge in [-0.3, -0.25) is 4.79 Å². The third-order valence-corrected chi connectivity index (χ3v) is 2.98. The first kappa shape index (κ1) is 14.8. The highest BCUT2D eigenvalue weighted by Crippen LogP contribution is 2.13. The predicted octanol–water partition coefficient (Wildman–Crippen LogP) is 2.21. The van der Waals surface area contributed by atoms with Crippen LogP contribution >= 0.6 is 0 Å². The van der Waals surface area contributed by atoms with Gasteiger partial charge >= 0.3 is 0 Å². The zero-order valence-electron chi connectivity index (χ0n) is 11.9. The Labute approximate surface area is 124 Å². The Bertz CT molecular complexity index is 698. The number of nitrogens with one attached hydrogen (secondary N) is 1. The lowest BCUT2D eigenvalue weighted by Crippen LogP contribution is -2.15. The molecule has 2 aromatic rings. The van der Waals surface area contributed by atoms with Crippen molar-refractivity contribution in [1.29, 1.82) is 0 Å². The quantitative estimate of drug-likeness (QED) is 0.846. The lowest BCUT2D eigenvalue weighted by molar-refractivity contribution is 0.102. The molecule has 0 radical (unpaired) electrons. The number of aromatic nitrogens is 1. The van der Waals surface area contributed by atoms with Crippen LogP contribution in [0.15, 0.2) is 42.6 Å². The molecule has 1 heterocycles. The average Bonchev–Trinajstić information content (AvgIpc) is 2.53. The molecule has 1 aromatic carbocycles.